The van der Waals surface area contributed by atoms with Crippen LogP contribution in [0.25, 0.3) is 0 Å². The molecule has 7 nitrogen and oxygen atoms in total. The van der Waals surface area contributed by atoms with E-state index in [2.05, 4.69) is 15.6 Å². The quantitative estimate of drug-likeness (QED) is 0.646. The van der Waals surface area contributed by atoms with Crippen LogP contribution in [0.4, 0.5) is 10.1 Å². The Balaban J connectivity index is 1.79. The van der Waals surface area contributed by atoms with Gasteiger partial charge in [0.25, 0.3) is 5.91 Å². The lowest BCUT2D eigenvalue weighted by Gasteiger charge is -2.07. The Labute approximate surface area is 168 Å². The fraction of sp³-hybridized carbons (Fsp3) is 0.111. The zero-order valence-corrected chi connectivity index (χ0v) is 15.9. The molecule has 1 aromatic heterocycles. The number of carbonyl (C=O) groups excluding carboxylic acids is 1. The van der Waals surface area contributed by atoms with E-state index >= 15 is 0 Å². The standard InChI is InChI=1S/C18H13Cl2FN4O3/c1-9-16(17(26)22-11-3-5-15(21)12(7-11)18(27)28)23-24-25(9)8-10-2-4-13(19)14(20)6-10/h2-7H,8H2,1H3,(H,22,26)(H,27,28). The Morgan fingerprint density at radius 2 is 1.93 bits per heavy atom. The van der Waals surface area contributed by atoms with Gasteiger partial charge in [-0.25, -0.2) is 13.9 Å². The number of carbonyl (C=O) groups is 2. The largest absolute Gasteiger partial charge is 0.478 e. The van der Waals surface area contributed by atoms with E-state index in [1.165, 1.54) is 10.7 Å². The maximum Gasteiger partial charge on any atom is 0.338 e. The number of benzene rings is 2. The molecule has 3 rings (SSSR count). The van der Waals surface area contributed by atoms with Gasteiger partial charge in [0.1, 0.15) is 5.82 Å². The lowest BCUT2D eigenvalue weighted by Crippen LogP contribution is -2.15. The van der Waals surface area contributed by atoms with Crippen molar-refractivity contribution in [1.29, 1.82) is 0 Å². The number of rotatable bonds is 5. The molecule has 1 amide bonds. The van der Waals surface area contributed by atoms with Crippen molar-refractivity contribution in [1.82, 2.24) is 15.0 Å². The summed E-state index contributed by atoms with van der Waals surface area (Å²) in [4.78, 5) is 23.5. The second-order valence-corrected chi connectivity index (χ2v) is 6.70. The van der Waals surface area contributed by atoms with Gasteiger partial charge in [-0.3, -0.25) is 4.79 Å². The van der Waals surface area contributed by atoms with E-state index in [9.17, 15) is 14.0 Å². The molecule has 0 saturated carbocycles. The summed E-state index contributed by atoms with van der Waals surface area (Å²) >= 11 is 11.9. The van der Waals surface area contributed by atoms with E-state index in [0.29, 0.717) is 22.3 Å². The lowest BCUT2D eigenvalue weighted by atomic mass is 10.2. The van der Waals surface area contributed by atoms with Crippen LogP contribution in [-0.2, 0) is 6.54 Å². The molecular weight excluding hydrogens is 410 g/mol. The van der Waals surface area contributed by atoms with Crippen molar-refractivity contribution in [2.24, 2.45) is 0 Å². The number of hydrogen-bond acceptors (Lipinski definition) is 4. The molecule has 28 heavy (non-hydrogen) atoms. The van der Waals surface area contributed by atoms with Crippen LogP contribution in [0.15, 0.2) is 36.4 Å². The first-order valence-electron chi connectivity index (χ1n) is 7.94. The molecule has 3 aromatic rings. The number of anilines is 1. The highest BCUT2D eigenvalue weighted by atomic mass is 35.5. The minimum Gasteiger partial charge on any atom is -0.478 e. The highest BCUT2D eigenvalue weighted by Gasteiger charge is 2.18. The van der Waals surface area contributed by atoms with Gasteiger partial charge in [-0.2, -0.15) is 0 Å². The van der Waals surface area contributed by atoms with Crippen molar-refractivity contribution in [2.75, 3.05) is 5.32 Å². The Bertz CT molecular complexity index is 1080. The second-order valence-electron chi connectivity index (χ2n) is 5.88. The number of aromatic nitrogens is 3. The van der Waals surface area contributed by atoms with Crippen LogP contribution in [0.5, 0.6) is 0 Å². The van der Waals surface area contributed by atoms with E-state index in [1.807, 2.05) is 0 Å². The summed E-state index contributed by atoms with van der Waals surface area (Å²) in [6.07, 6.45) is 0. The Kier molecular flexibility index (Phi) is 5.62. The highest BCUT2D eigenvalue weighted by molar-refractivity contribution is 6.42. The number of hydrogen-bond donors (Lipinski definition) is 2. The lowest BCUT2D eigenvalue weighted by molar-refractivity contribution is 0.0691. The van der Waals surface area contributed by atoms with Gasteiger partial charge < -0.3 is 10.4 Å². The first kappa shape index (κ1) is 19.8. The van der Waals surface area contributed by atoms with Crippen LogP contribution in [0.3, 0.4) is 0 Å². The molecule has 0 spiro atoms. The molecule has 2 aromatic carbocycles. The number of nitrogens with zero attached hydrogens (tertiary/aromatic N) is 3. The molecule has 0 atom stereocenters. The Morgan fingerprint density at radius 1 is 1.18 bits per heavy atom. The monoisotopic (exact) mass is 422 g/mol. The summed E-state index contributed by atoms with van der Waals surface area (Å²) in [5.41, 5.74) is 0.949. The molecule has 0 unspecified atom stereocenters. The maximum absolute atomic E-state index is 13.5. The topological polar surface area (TPSA) is 97.1 Å². The summed E-state index contributed by atoms with van der Waals surface area (Å²) in [5, 5.41) is 20.1. The van der Waals surface area contributed by atoms with Crippen molar-refractivity contribution >= 4 is 40.8 Å². The molecule has 10 heteroatoms. The highest BCUT2D eigenvalue weighted by Crippen LogP contribution is 2.23. The number of carboxylic acids is 1. The van der Waals surface area contributed by atoms with Gasteiger partial charge in [0.05, 0.1) is 27.8 Å². The van der Waals surface area contributed by atoms with Gasteiger partial charge in [0, 0.05) is 5.69 Å². The SMILES string of the molecule is Cc1c(C(=O)Nc2ccc(F)c(C(=O)O)c2)nnn1Cc1ccc(Cl)c(Cl)c1. The smallest absolute Gasteiger partial charge is 0.338 e. The normalized spacial score (nSPS) is 10.7. The summed E-state index contributed by atoms with van der Waals surface area (Å²) in [7, 11) is 0. The van der Waals surface area contributed by atoms with E-state index in [1.54, 1.807) is 25.1 Å². The molecule has 2 N–H and O–H groups in total. The van der Waals surface area contributed by atoms with Crippen LogP contribution in [0.1, 0.15) is 32.1 Å². The first-order valence-corrected chi connectivity index (χ1v) is 8.70. The summed E-state index contributed by atoms with van der Waals surface area (Å²) < 4.78 is 15.0. The van der Waals surface area contributed by atoms with Gasteiger partial charge in [0.2, 0.25) is 0 Å². The maximum atomic E-state index is 13.5. The van der Waals surface area contributed by atoms with Crippen molar-refractivity contribution in [2.45, 2.75) is 13.5 Å². The summed E-state index contributed by atoms with van der Waals surface area (Å²) in [6, 6.07) is 8.39. The summed E-state index contributed by atoms with van der Waals surface area (Å²) in [6.45, 7) is 1.99. The molecule has 0 aliphatic rings. The van der Waals surface area contributed by atoms with E-state index in [-0.39, 0.29) is 11.4 Å². The molecule has 0 aliphatic heterocycles. The summed E-state index contributed by atoms with van der Waals surface area (Å²) in [5.74, 6) is -2.92. The minimum atomic E-state index is -1.43. The van der Waals surface area contributed by atoms with Gasteiger partial charge >= 0.3 is 5.97 Å². The third kappa shape index (κ3) is 4.13. The number of halogens is 3. The van der Waals surface area contributed by atoms with Crippen molar-refractivity contribution in [3.05, 3.63) is 74.8 Å². The van der Waals surface area contributed by atoms with Gasteiger partial charge in [-0.05, 0) is 42.8 Å². The molecule has 0 saturated heterocycles. The van der Waals surface area contributed by atoms with Crippen LogP contribution in [0, 0.1) is 12.7 Å². The van der Waals surface area contributed by atoms with Crippen molar-refractivity contribution in [3.63, 3.8) is 0 Å². The number of aromatic carboxylic acids is 1. The van der Waals surface area contributed by atoms with E-state index in [4.69, 9.17) is 28.3 Å². The third-order valence-electron chi connectivity index (χ3n) is 3.97. The van der Waals surface area contributed by atoms with Crippen LogP contribution in [-0.4, -0.2) is 32.0 Å². The van der Waals surface area contributed by atoms with E-state index < -0.39 is 23.3 Å². The van der Waals surface area contributed by atoms with Crippen molar-refractivity contribution < 1.29 is 19.1 Å². The molecule has 0 aliphatic carbocycles. The van der Waals surface area contributed by atoms with Crippen LogP contribution >= 0.6 is 23.2 Å². The molecule has 0 radical (unpaired) electrons. The number of amides is 1. The number of nitrogens with one attached hydrogen (secondary N) is 1. The predicted octanol–water partition coefficient (Wildman–Crippen LogP) is 4.03. The zero-order valence-electron chi connectivity index (χ0n) is 14.4. The van der Waals surface area contributed by atoms with Gasteiger partial charge in [-0.15, -0.1) is 5.10 Å². The molecule has 1 heterocycles. The molecule has 144 valence electrons. The van der Waals surface area contributed by atoms with Gasteiger partial charge in [0.15, 0.2) is 5.69 Å². The van der Waals surface area contributed by atoms with Gasteiger partial charge in [-0.1, -0.05) is 34.5 Å². The molecule has 0 bridgehead atoms. The zero-order chi connectivity index (χ0) is 20.4. The minimum absolute atomic E-state index is 0.0567. The molecular formula is C18H13Cl2FN4O3. The van der Waals surface area contributed by atoms with E-state index in [0.717, 1.165) is 17.7 Å². The van der Waals surface area contributed by atoms with Crippen LogP contribution in [0.2, 0.25) is 10.0 Å². The third-order valence-corrected chi connectivity index (χ3v) is 4.71. The predicted molar refractivity (Wildman–Crippen MR) is 102 cm³/mol. The fourth-order valence-corrected chi connectivity index (χ4v) is 2.81. The first-order chi connectivity index (χ1) is 13.3. The number of carboxylic acid groups (broad SMARTS) is 1. The van der Waals surface area contributed by atoms with Crippen LogP contribution < -0.4 is 5.32 Å². The second kappa shape index (κ2) is 7.95. The average molecular weight is 423 g/mol. The Hall–Kier alpha value is -2.97. The van der Waals surface area contributed by atoms with Crippen molar-refractivity contribution in [3.8, 4) is 0 Å². The fourth-order valence-electron chi connectivity index (χ4n) is 2.49. The average Bonchev–Trinajstić information content (AvgIpc) is 3.00. The molecule has 0 fully saturated rings. The Morgan fingerprint density at radius 3 is 2.61 bits per heavy atom.